The first-order valence-corrected chi connectivity index (χ1v) is 2.94. The summed E-state index contributed by atoms with van der Waals surface area (Å²) >= 11 is 0. The van der Waals surface area contributed by atoms with Gasteiger partial charge in [-0.05, 0) is 6.08 Å². The van der Waals surface area contributed by atoms with Crippen LogP contribution in [0.5, 0.6) is 0 Å². The largest absolute Gasteiger partial charge is 0.363 e. The lowest BCUT2D eigenvalue weighted by Crippen LogP contribution is -2.18. The Kier molecular flexibility index (Phi) is 4.78. The van der Waals surface area contributed by atoms with Crippen molar-refractivity contribution in [2.45, 2.75) is 0 Å². The molecule has 0 bridgehead atoms. The lowest BCUT2D eigenvalue weighted by molar-refractivity contribution is 0.465. The second-order valence-corrected chi connectivity index (χ2v) is 1.90. The van der Waals surface area contributed by atoms with Crippen LogP contribution in [0, 0.1) is 12.3 Å². The van der Waals surface area contributed by atoms with E-state index in [2.05, 4.69) is 16.9 Å². The van der Waals surface area contributed by atoms with E-state index < -0.39 is 0 Å². The van der Waals surface area contributed by atoms with Crippen LogP contribution in [0.3, 0.4) is 0 Å². The summed E-state index contributed by atoms with van der Waals surface area (Å²) in [5.41, 5.74) is 0. The van der Waals surface area contributed by atoms with E-state index >= 15 is 0 Å². The van der Waals surface area contributed by atoms with E-state index in [1.165, 1.54) is 0 Å². The van der Waals surface area contributed by atoms with E-state index in [0.29, 0.717) is 6.54 Å². The Morgan fingerprint density at radius 1 is 1.50 bits per heavy atom. The molecule has 0 aromatic carbocycles. The van der Waals surface area contributed by atoms with Gasteiger partial charge in [-0.25, -0.2) is 0 Å². The monoisotopic (exact) mass is 199 g/mol. The minimum Gasteiger partial charge on any atom is -0.363 e. The summed E-state index contributed by atoms with van der Waals surface area (Å²) in [6.07, 6.45) is 13.2. The second kappa shape index (κ2) is 5.13. The van der Waals surface area contributed by atoms with Crippen molar-refractivity contribution in [2.75, 3.05) is 13.1 Å². The maximum absolute atomic E-state index is 5.11. The SMILES string of the molecule is Br.C#CCN1C=CC=CC1. The first-order chi connectivity index (χ1) is 4.43. The average Bonchev–Trinajstić information content (AvgIpc) is 1.91. The number of hydrogen-bond donors (Lipinski definition) is 0. The van der Waals surface area contributed by atoms with Crippen LogP contribution >= 0.6 is 17.0 Å². The molecule has 1 rings (SSSR count). The minimum absolute atomic E-state index is 0. The van der Waals surface area contributed by atoms with Crippen molar-refractivity contribution in [1.29, 1.82) is 0 Å². The molecular formula is C8H10BrN. The van der Waals surface area contributed by atoms with Gasteiger partial charge < -0.3 is 4.90 Å². The van der Waals surface area contributed by atoms with Crippen molar-refractivity contribution >= 4 is 17.0 Å². The predicted octanol–water partition coefficient (Wildman–Crippen LogP) is 1.58. The summed E-state index contributed by atoms with van der Waals surface area (Å²) in [6, 6.07) is 0. The van der Waals surface area contributed by atoms with Crippen molar-refractivity contribution in [2.24, 2.45) is 0 Å². The van der Waals surface area contributed by atoms with Gasteiger partial charge in [0.2, 0.25) is 0 Å². The van der Waals surface area contributed by atoms with Gasteiger partial charge >= 0.3 is 0 Å². The molecule has 0 amide bonds. The Morgan fingerprint density at radius 2 is 2.30 bits per heavy atom. The number of terminal acetylenes is 1. The normalized spacial score (nSPS) is 14.1. The highest BCUT2D eigenvalue weighted by atomic mass is 79.9. The molecule has 0 aliphatic carbocycles. The summed E-state index contributed by atoms with van der Waals surface area (Å²) in [5.74, 6) is 2.58. The van der Waals surface area contributed by atoms with Gasteiger partial charge in [0.15, 0.2) is 0 Å². The van der Waals surface area contributed by atoms with Gasteiger partial charge in [0.25, 0.3) is 0 Å². The van der Waals surface area contributed by atoms with Gasteiger partial charge in [0.05, 0.1) is 6.54 Å². The summed E-state index contributed by atoms with van der Waals surface area (Å²) in [4.78, 5) is 2.07. The van der Waals surface area contributed by atoms with E-state index in [4.69, 9.17) is 6.42 Å². The molecule has 0 spiro atoms. The highest BCUT2D eigenvalue weighted by Gasteiger charge is 1.93. The predicted molar refractivity (Wildman–Crippen MR) is 49.0 cm³/mol. The van der Waals surface area contributed by atoms with Gasteiger partial charge in [-0.3, -0.25) is 0 Å². The van der Waals surface area contributed by atoms with E-state index in [-0.39, 0.29) is 17.0 Å². The smallest absolute Gasteiger partial charge is 0.0789 e. The fourth-order valence-electron chi connectivity index (χ4n) is 0.742. The Bertz CT molecular complexity index is 176. The molecule has 0 unspecified atom stereocenters. The molecule has 1 aliphatic rings. The maximum Gasteiger partial charge on any atom is 0.0789 e. The van der Waals surface area contributed by atoms with E-state index in [0.717, 1.165) is 6.54 Å². The molecule has 2 heteroatoms. The van der Waals surface area contributed by atoms with E-state index in [9.17, 15) is 0 Å². The quantitative estimate of drug-likeness (QED) is 0.581. The van der Waals surface area contributed by atoms with Crippen LogP contribution in [0.15, 0.2) is 24.4 Å². The molecule has 54 valence electrons. The molecule has 1 heterocycles. The molecule has 0 atom stereocenters. The number of halogens is 1. The number of nitrogens with zero attached hydrogens (tertiary/aromatic N) is 1. The maximum atomic E-state index is 5.11. The standard InChI is InChI=1S/C8H9N.BrH/c1-2-6-9-7-4-3-5-8-9;/h1,3-5,7H,6,8H2;1H. The van der Waals surface area contributed by atoms with Gasteiger partial charge in [-0.15, -0.1) is 23.4 Å². The lowest BCUT2D eigenvalue weighted by atomic mass is 10.3. The first-order valence-electron chi connectivity index (χ1n) is 2.94. The van der Waals surface area contributed by atoms with Gasteiger partial charge in [-0.2, -0.15) is 0 Å². The van der Waals surface area contributed by atoms with Crippen molar-refractivity contribution in [3.05, 3.63) is 24.4 Å². The highest BCUT2D eigenvalue weighted by molar-refractivity contribution is 8.93. The Balaban J connectivity index is 0.000000810. The van der Waals surface area contributed by atoms with E-state index in [1.54, 1.807) is 0 Å². The van der Waals surface area contributed by atoms with Crippen LogP contribution in [0.2, 0.25) is 0 Å². The van der Waals surface area contributed by atoms with Crippen LogP contribution in [-0.2, 0) is 0 Å². The zero-order valence-corrected chi connectivity index (χ0v) is 7.37. The van der Waals surface area contributed by atoms with E-state index in [1.807, 2.05) is 18.4 Å². The molecule has 0 radical (unpaired) electrons. The van der Waals surface area contributed by atoms with Crippen LogP contribution in [-0.4, -0.2) is 18.0 Å². The Labute approximate surface area is 72.2 Å². The zero-order chi connectivity index (χ0) is 6.53. The third-order valence-electron chi connectivity index (χ3n) is 1.18. The Hall–Kier alpha value is -0.680. The van der Waals surface area contributed by atoms with Gasteiger partial charge in [0.1, 0.15) is 0 Å². The molecule has 0 saturated heterocycles. The van der Waals surface area contributed by atoms with Gasteiger partial charge in [0, 0.05) is 12.7 Å². The van der Waals surface area contributed by atoms with Crippen LogP contribution in [0.1, 0.15) is 0 Å². The molecule has 0 N–H and O–H groups in total. The molecule has 1 nitrogen and oxygen atoms in total. The second-order valence-electron chi connectivity index (χ2n) is 1.90. The molecule has 10 heavy (non-hydrogen) atoms. The molecule has 0 saturated carbocycles. The lowest BCUT2D eigenvalue weighted by Gasteiger charge is -2.16. The Morgan fingerprint density at radius 3 is 2.80 bits per heavy atom. The van der Waals surface area contributed by atoms with Crippen molar-refractivity contribution in [3.63, 3.8) is 0 Å². The fraction of sp³-hybridized carbons (Fsp3) is 0.250. The molecular weight excluding hydrogens is 190 g/mol. The molecule has 0 aromatic heterocycles. The van der Waals surface area contributed by atoms with Crippen LogP contribution in [0.25, 0.3) is 0 Å². The highest BCUT2D eigenvalue weighted by Crippen LogP contribution is 1.95. The van der Waals surface area contributed by atoms with Crippen LogP contribution in [0.4, 0.5) is 0 Å². The number of hydrogen-bond acceptors (Lipinski definition) is 1. The van der Waals surface area contributed by atoms with Crippen molar-refractivity contribution in [1.82, 2.24) is 4.90 Å². The molecule has 0 aromatic rings. The fourth-order valence-corrected chi connectivity index (χ4v) is 0.742. The molecule has 0 fully saturated rings. The third-order valence-corrected chi connectivity index (χ3v) is 1.18. The molecule has 1 aliphatic heterocycles. The van der Waals surface area contributed by atoms with Crippen molar-refractivity contribution < 1.29 is 0 Å². The van der Waals surface area contributed by atoms with Gasteiger partial charge in [-0.1, -0.05) is 18.1 Å². The minimum atomic E-state index is 0. The summed E-state index contributed by atoms with van der Waals surface area (Å²) < 4.78 is 0. The summed E-state index contributed by atoms with van der Waals surface area (Å²) in [6.45, 7) is 1.65. The van der Waals surface area contributed by atoms with Crippen molar-refractivity contribution in [3.8, 4) is 12.3 Å². The summed E-state index contributed by atoms with van der Waals surface area (Å²) in [5, 5.41) is 0. The average molecular weight is 200 g/mol. The number of rotatable bonds is 1. The third kappa shape index (κ3) is 2.75. The topological polar surface area (TPSA) is 3.24 Å². The zero-order valence-electron chi connectivity index (χ0n) is 5.66. The first kappa shape index (κ1) is 9.32. The number of allylic oxidation sites excluding steroid dienone is 2. The van der Waals surface area contributed by atoms with Crippen LogP contribution < -0.4 is 0 Å². The summed E-state index contributed by atoms with van der Waals surface area (Å²) in [7, 11) is 0.